The molecule has 1 unspecified atom stereocenters. The van der Waals surface area contributed by atoms with E-state index in [-0.39, 0.29) is 24.2 Å². The second-order valence-corrected chi connectivity index (χ2v) is 6.30. The van der Waals surface area contributed by atoms with Crippen LogP contribution in [0.3, 0.4) is 0 Å². The van der Waals surface area contributed by atoms with E-state index >= 15 is 0 Å². The van der Waals surface area contributed by atoms with Gasteiger partial charge in [-0.3, -0.25) is 9.59 Å². The van der Waals surface area contributed by atoms with Gasteiger partial charge in [0.15, 0.2) is 0 Å². The van der Waals surface area contributed by atoms with Crippen molar-refractivity contribution in [1.82, 2.24) is 5.32 Å². The molecular formula is C16H27NO6. The number of hydrogen-bond donors (Lipinski definition) is 2. The Hall–Kier alpha value is -1.79. The average Bonchev–Trinajstić information content (AvgIpc) is 2.52. The minimum absolute atomic E-state index is 0.137. The number of hydrogen-bond acceptors (Lipinski definition) is 5. The molecule has 0 saturated heterocycles. The van der Waals surface area contributed by atoms with Gasteiger partial charge in [0.1, 0.15) is 0 Å². The number of carboxylic acid groups (broad SMARTS) is 1. The Morgan fingerprint density at radius 3 is 2.22 bits per heavy atom. The molecule has 1 amide bonds. The summed E-state index contributed by atoms with van der Waals surface area (Å²) < 4.78 is 10.2. The van der Waals surface area contributed by atoms with Crippen molar-refractivity contribution in [2.24, 2.45) is 17.8 Å². The number of ether oxygens (including phenoxy) is 2. The normalized spacial score (nSPS) is 22.3. The molecule has 1 saturated carbocycles. The van der Waals surface area contributed by atoms with Crippen LogP contribution in [0.25, 0.3) is 0 Å². The van der Waals surface area contributed by atoms with E-state index in [0.29, 0.717) is 19.4 Å². The molecule has 7 heteroatoms. The molecule has 1 fully saturated rings. The predicted octanol–water partition coefficient (Wildman–Crippen LogP) is 2.54. The van der Waals surface area contributed by atoms with Gasteiger partial charge in [0.25, 0.3) is 6.29 Å². The van der Waals surface area contributed by atoms with Crippen LogP contribution in [-0.2, 0) is 19.1 Å². The Morgan fingerprint density at radius 1 is 1.13 bits per heavy atom. The highest BCUT2D eigenvalue weighted by molar-refractivity contribution is 5.70. The molecule has 0 spiro atoms. The zero-order valence-electron chi connectivity index (χ0n) is 14.0. The summed E-state index contributed by atoms with van der Waals surface area (Å²) in [6, 6.07) is 0. The average molecular weight is 329 g/mol. The third-order valence-corrected chi connectivity index (χ3v) is 4.03. The number of carbonyl (C=O) groups excluding carboxylic acids is 2. The molecule has 0 heterocycles. The quantitative estimate of drug-likeness (QED) is 0.550. The fourth-order valence-electron chi connectivity index (χ4n) is 2.50. The van der Waals surface area contributed by atoms with Crippen molar-refractivity contribution in [1.29, 1.82) is 0 Å². The SMILES string of the molecule is CCC(=O)OC(OC(=O)NC[C@H]1CC[C@H](C(=O)O)CC1)C(C)C. The van der Waals surface area contributed by atoms with Gasteiger partial charge in [-0.2, -0.15) is 0 Å². The van der Waals surface area contributed by atoms with E-state index in [1.165, 1.54) is 0 Å². The number of carboxylic acids is 1. The number of amides is 1. The molecule has 1 aliphatic rings. The Labute approximate surface area is 136 Å². The molecule has 0 bridgehead atoms. The first-order chi connectivity index (χ1) is 10.8. The van der Waals surface area contributed by atoms with Crippen LogP contribution in [0.1, 0.15) is 52.9 Å². The number of rotatable bonds is 7. The molecule has 2 N–H and O–H groups in total. The molecule has 0 aliphatic heterocycles. The van der Waals surface area contributed by atoms with Crippen molar-refractivity contribution < 1.29 is 29.0 Å². The second-order valence-electron chi connectivity index (χ2n) is 6.30. The minimum Gasteiger partial charge on any atom is -0.481 e. The molecule has 0 aromatic rings. The van der Waals surface area contributed by atoms with Crippen LogP contribution >= 0.6 is 0 Å². The van der Waals surface area contributed by atoms with E-state index in [1.807, 2.05) is 0 Å². The monoisotopic (exact) mass is 329 g/mol. The zero-order valence-corrected chi connectivity index (χ0v) is 14.0. The van der Waals surface area contributed by atoms with Gasteiger partial charge in [0.05, 0.1) is 5.92 Å². The Kier molecular flexibility index (Phi) is 7.85. The lowest BCUT2D eigenvalue weighted by atomic mass is 9.82. The van der Waals surface area contributed by atoms with E-state index in [4.69, 9.17) is 14.6 Å². The van der Waals surface area contributed by atoms with E-state index in [2.05, 4.69) is 5.32 Å². The van der Waals surface area contributed by atoms with Gasteiger partial charge in [0.2, 0.25) is 0 Å². The maximum Gasteiger partial charge on any atom is 0.410 e. The van der Waals surface area contributed by atoms with E-state index in [1.54, 1.807) is 20.8 Å². The summed E-state index contributed by atoms with van der Waals surface area (Å²) in [7, 11) is 0. The molecule has 0 aromatic heterocycles. The molecular weight excluding hydrogens is 302 g/mol. The van der Waals surface area contributed by atoms with Crippen molar-refractivity contribution in [3.8, 4) is 0 Å². The highest BCUT2D eigenvalue weighted by atomic mass is 16.7. The lowest BCUT2D eigenvalue weighted by molar-refractivity contribution is -0.174. The van der Waals surface area contributed by atoms with Gasteiger partial charge in [-0.15, -0.1) is 0 Å². The number of carbonyl (C=O) groups is 3. The first-order valence-electron chi connectivity index (χ1n) is 8.20. The van der Waals surface area contributed by atoms with Crippen LogP contribution in [0.5, 0.6) is 0 Å². The summed E-state index contributed by atoms with van der Waals surface area (Å²) >= 11 is 0. The van der Waals surface area contributed by atoms with Crippen molar-refractivity contribution in [3.63, 3.8) is 0 Å². The highest BCUT2D eigenvalue weighted by Crippen LogP contribution is 2.28. The fraction of sp³-hybridized carbons (Fsp3) is 0.812. The largest absolute Gasteiger partial charge is 0.481 e. The van der Waals surface area contributed by atoms with E-state index < -0.39 is 24.3 Å². The molecule has 0 aromatic carbocycles. The molecule has 1 atom stereocenters. The topological polar surface area (TPSA) is 102 Å². The number of nitrogens with one attached hydrogen (secondary N) is 1. The molecule has 132 valence electrons. The molecule has 1 aliphatic carbocycles. The van der Waals surface area contributed by atoms with Crippen molar-refractivity contribution in [2.45, 2.75) is 59.2 Å². The van der Waals surface area contributed by atoms with Crippen molar-refractivity contribution >= 4 is 18.0 Å². The minimum atomic E-state index is -0.898. The molecule has 0 radical (unpaired) electrons. The van der Waals surface area contributed by atoms with E-state index in [0.717, 1.165) is 12.8 Å². The number of esters is 1. The van der Waals surface area contributed by atoms with Crippen LogP contribution in [0.2, 0.25) is 0 Å². The number of aliphatic carboxylic acids is 1. The highest BCUT2D eigenvalue weighted by Gasteiger charge is 2.27. The van der Waals surface area contributed by atoms with Crippen LogP contribution < -0.4 is 5.32 Å². The van der Waals surface area contributed by atoms with E-state index in [9.17, 15) is 14.4 Å². The summed E-state index contributed by atoms with van der Waals surface area (Å²) in [5.41, 5.74) is 0. The maximum atomic E-state index is 11.8. The van der Waals surface area contributed by atoms with Crippen LogP contribution in [0.15, 0.2) is 0 Å². The predicted molar refractivity (Wildman–Crippen MR) is 82.6 cm³/mol. The van der Waals surface area contributed by atoms with Gasteiger partial charge in [-0.05, 0) is 31.6 Å². The standard InChI is InChI=1S/C16H27NO6/c1-4-13(18)22-15(10(2)3)23-16(21)17-9-11-5-7-12(8-6-11)14(19)20/h10-12,15H,4-9H2,1-3H3,(H,17,21)(H,19,20)/t11-,12-,15?. The maximum absolute atomic E-state index is 11.8. The number of alkyl carbamates (subject to hydrolysis) is 1. The first kappa shape index (κ1) is 19.3. The Bertz CT molecular complexity index is 415. The summed E-state index contributed by atoms with van der Waals surface area (Å²) in [6.45, 7) is 5.72. The van der Waals surface area contributed by atoms with Crippen molar-refractivity contribution in [2.75, 3.05) is 6.54 Å². The smallest absolute Gasteiger partial charge is 0.410 e. The van der Waals surface area contributed by atoms with Crippen LogP contribution in [0.4, 0.5) is 4.79 Å². The van der Waals surface area contributed by atoms with Crippen LogP contribution in [0, 0.1) is 17.8 Å². The van der Waals surface area contributed by atoms with Gasteiger partial charge < -0.3 is 19.9 Å². The molecule has 23 heavy (non-hydrogen) atoms. The van der Waals surface area contributed by atoms with Crippen LogP contribution in [-0.4, -0.2) is 36.0 Å². The second kappa shape index (κ2) is 9.37. The van der Waals surface area contributed by atoms with Gasteiger partial charge >= 0.3 is 18.0 Å². The summed E-state index contributed by atoms with van der Waals surface area (Å²) in [5.74, 6) is -1.30. The third-order valence-electron chi connectivity index (χ3n) is 4.03. The lowest BCUT2D eigenvalue weighted by Crippen LogP contribution is -2.37. The molecule has 7 nitrogen and oxygen atoms in total. The Morgan fingerprint density at radius 2 is 1.74 bits per heavy atom. The fourth-order valence-corrected chi connectivity index (χ4v) is 2.50. The summed E-state index contributed by atoms with van der Waals surface area (Å²) in [4.78, 5) is 34.0. The van der Waals surface area contributed by atoms with Gasteiger partial charge in [-0.25, -0.2) is 4.79 Å². The molecule has 1 rings (SSSR count). The first-order valence-corrected chi connectivity index (χ1v) is 8.20. The summed E-state index contributed by atoms with van der Waals surface area (Å²) in [6.07, 6.45) is 1.53. The Balaban J connectivity index is 2.33. The van der Waals surface area contributed by atoms with Gasteiger partial charge in [0, 0.05) is 18.9 Å². The lowest BCUT2D eigenvalue weighted by Gasteiger charge is -2.26. The summed E-state index contributed by atoms with van der Waals surface area (Å²) in [5, 5.41) is 11.6. The zero-order chi connectivity index (χ0) is 17.4. The third kappa shape index (κ3) is 6.88. The van der Waals surface area contributed by atoms with Crippen molar-refractivity contribution in [3.05, 3.63) is 0 Å². The van der Waals surface area contributed by atoms with Gasteiger partial charge in [-0.1, -0.05) is 20.8 Å².